The molecule has 2 heterocycles. The van der Waals surface area contributed by atoms with Gasteiger partial charge in [0, 0.05) is 18.4 Å². The Morgan fingerprint density at radius 3 is 2.65 bits per heavy atom. The summed E-state index contributed by atoms with van der Waals surface area (Å²) >= 11 is 5.70. The van der Waals surface area contributed by atoms with Crippen LogP contribution in [-0.2, 0) is 12.6 Å². The van der Waals surface area contributed by atoms with E-state index in [1.54, 1.807) is 6.07 Å². The normalized spacial score (nSPS) is 14.5. The van der Waals surface area contributed by atoms with Gasteiger partial charge in [0.25, 0.3) is 5.91 Å². The smallest absolute Gasteiger partial charge is 0.308 e. The lowest BCUT2D eigenvalue weighted by Crippen LogP contribution is -2.35. The summed E-state index contributed by atoms with van der Waals surface area (Å²) in [5.41, 5.74) is 0.700. The number of carbonyl (C=O) groups excluding carboxylic acids is 1. The average molecular weight is 341 g/mol. The lowest BCUT2D eigenvalue weighted by atomic mass is 9.98. The first kappa shape index (κ1) is 15.8. The van der Waals surface area contributed by atoms with Gasteiger partial charge >= 0.3 is 6.18 Å². The predicted molar refractivity (Wildman–Crippen MR) is 80.7 cm³/mol. The molecule has 0 spiro atoms. The molecule has 1 aliphatic rings. The average Bonchev–Trinajstić information content (AvgIpc) is 2.53. The molecular formula is C16H12ClF3N2O. The Morgan fingerprint density at radius 2 is 2.00 bits per heavy atom. The summed E-state index contributed by atoms with van der Waals surface area (Å²) in [6.07, 6.45) is -1.90. The first-order chi connectivity index (χ1) is 10.9. The lowest BCUT2D eigenvalue weighted by molar-refractivity contribution is -0.137. The molecule has 7 heteroatoms. The van der Waals surface area contributed by atoms with Crippen molar-refractivity contribution < 1.29 is 18.0 Å². The molecule has 120 valence electrons. The third kappa shape index (κ3) is 3.17. The molecule has 2 aromatic rings. The largest absolute Gasteiger partial charge is 0.416 e. The van der Waals surface area contributed by atoms with Gasteiger partial charge in [-0.1, -0.05) is 11.6 Å². The number of hydrogen-bond donors (Lipinski definition) is 0. The molecule has 0 radical (unpaired) electrons. The van der Waals surface area contributed by atoms with Crippen LogP contribution < -0.4 is 4.90 Å². The molecular weight excluding hydrogens is 329 g/mol. The van der Waals surface area contributed by atoms with E-state index in [1.165, 1.54) is 23.2 Å². The fraction of sp³-hybridized carbons (Fsp3) is 0.250. The van der Waals surface area contributed by atoms with Crippen LogP contribution in [0.4, 0.5) is 18.9 Å². The van der Waals surface area contributed by atoms with Gasteiger partial charge in [-0.05, 0) is 48.7 Å². The number of carbonyl (C=O) groups is 1. The topological polar surface area (TPSA) is 33.2 Å². The van der Waals surface area contributed by atoms with Crippen molar-refractivity contribution in [2.24, 2.45) is 0 Å². The summed E-state index contributed by atoms with van der Waals surface area (Å²) in [5, 5.41) is 0.274. The molecule has 0 N–H and O–H groups in total. The highest BCUT2D eigenvalue weighted by Crippen LogP contribution is 2.35. The van der Waals surface area contributed by atoms with Crippen molar-refractivity contribution in [3.8, 4) is 0 Å². The third-order valence-electron chi connectivity index (χ3n) is 3.74. The summed E-state index contributed by atoms with van der Waals surface area (Å²) in [7, 11) is 0. The number of pyridine rings is 1. The molecule has 0 saturated heterocycles. The van der Waals surface area contributed by atoms with E-state index >= 15 is 0 Å². The van der Waals surface area contributed by atoms with Crippen LogP contribution in [0.2, 0.25) is 5.15 Å². The number of amides is 1. The van der Waals surface area contributed by atoms with E-state index in [9.17, 15) is 18.0 Å². The number of nitrogens with zero attached hydrogens (tertiary/aromatic N) is 2. The highest BCUT2D eigenvalue weighted by molar-refractivity contribution is 6.29. The van der Waals surface area contributed by atoms with Crippen LogP contribution in [-0.4, -0.2) is 17.4 Å². The van der Waals surface area contributed by atoms with Crippen LogP contribution in [0.25, 0.3) is 0 Å². The molecule has 1 amide bonds. The molecule has 0 aliphatic carbocycles. The zero-order valence-electron chi connectivity index (χ0n) is 11.9. The fourth-order valence-electron chi connectivity index (χ4n) is 2.64. The maximum atomic E-state index is 12.8. The van der Waals surface area contributed by atoms with E-state index in [0.717, 1.165) is 12.1 Å². The van der Waals surface area contributed by atoms with Gasteiger partial charge in [-0.3, -0.25) is 4.79 Å². The van der Waals surface area contributed by atoms with Crippen LogP contribution in [0, 0.1) is 0 Å². The number of alkyl halides is 3. The molecule has 1 aromatic carbocycles. The number of hydrogen-bond acceptors (Lipinski definition) is 2. The second-order valence-corrected chi connectivity index (χ2v) is 5.66. The zero-order valence-corrected chi connectivity index (χ0v) is 12.7. The molecule has 1 aromatic heterocycles. The van der Waals surface area contributed by atoms with E-state index in [4.69, 9.17) is 11.6 Å². The quantitative estimate of drug-likeness (QED) is 0.723. The van der Waals surface area contributed by atoms with Crippen LogP contribution in [0.15, 0.2) is 36.5 Å². The zero-order chi connectivity index (χ0) is 16.6. The van der Waals surface area contributed by atoms with Gasteiger partial charge in [-0.15, -0.1) is 0 Å². The number of aryl methyl sites for hydroxylation is 1. The monoisotopic (exact) mass is 340 g/mol. The Hall–Kier alpha value is -2.08. The summed E-state index contributed by atoms with van der Waals surface area (Å²) in [4.78, 5) is 17.9. The van der Waals surface area contributed by atoms with Crippen LogP contribution in [0.1, 0.15) is 27.9 Å². The van der Waals surface area contributed by atoms with Crippen molar-refractivity contribution in [3.63, 3.8) is 0 Å². The number of aromatic nitrogens is 1. The highest BCUT2D eigenvalue weighted by Gasteiger charge is 2.32. The number of halogens is 4. The Labute approximate surface area is 135 Å². The van der Waals surface area contributed by atoms with Crippen LogP contribution >= 0.6 is 11.6 Å². The number of benzene rings is 1. The van der Waals surface area contributed by atoms with Crippen LogP contribution in [0.3, 0.4) is 0 Å². The van der Waals surface area contributed by atoms with E-state index < -0.39 is 11.7 Å². The Morgan fingerprint density at radius 1 is 1.22 bits per heavy atom. The molecule has 1 aliphatic heterocycles. The van der Waals surface area contributed by atoms with Gasteiger partial charge < -0.3 is 4.90 Å². The van der Waals surface area contributed by atoms with E-state index in [0.29, 0.717) is 36.2 Å². The second kappa shape index (κ2) is 5.85. The van der Waals surface area contributed by atoms with Crippen molar-refractivity contribution in [1.82, 2.24) is 4.98 Å². The van der Waals surface area contributed by atoms with Gasteiger partial charge in [0.05, 0.1) is 11.1 Å². The van der Waals surface area contributed by atoms with E-state index in [1.807, 2.05) is 0 Å². The van der Waals surface area contributed by atoms with Gasteiger partial charge in [-0.25, -0.2) is 4.98 Å². The molecule has 3 rings (SSSR count). The van der Waals surface area contributed by atoms with Crippen LogP contribution in [0.5, 0.6) is 0 Å². The first-order valence-corrected chi connectivity index (χ1v) is 7.37. The van der Waals surface area contributed by atoms with Crippen molar-refractivity contribution in [1.29, 1.82) is 0 Å². The third-order valence-corrected chi connectivity index (χ3v) is 3.97. The molecule has 0 unspecified atom stereocenters. The van der Waals surface area contributed by atoms with E-state index in [2.05, 4.69) is 4.98 Å². The van der Waals surface area contributed by atoms with Crippen molar-refractivity contribution >= 4 is 23.2 Å². The lowest BCUT2D eigenvalue weighted by Gasteiger charge is -2.30. The van der Waals surface area contributed by atoms with Crippen molar-refractivity contribution in [3.05, 3.63) is 58.4 Å². The Bertz CT molecular complexity index is 744. The minimum absolute atomic E-state index is 0.274. The summed E-state index contributed by atoms with van der Waals surface area (Å²) in [5.74, 6) is -0.296. The Balaban J connectivity index is 1.95. The first-order valence-electron chi connectivity index (χ1n) is 7.00. The minimum atomic E-state index is -4.39. The SMILES string of the molecule is O=C(c1ccc(Cl)nc1)N1CCCc2cc(C(F)(F)F)ccc21. The summed E-state index contributed by atoms with van der Waals surface area (Å²) in [6, 6.07) is 6.54. The summed E-state index contributed by atoms with van der Waals surface area (Å²) in [6.45, 7) is 0.458. The molecule has 23 heavy (non-hydrogen) atoms. The van der Waals surface area contributed by atoms with Gasteiger partial charge in [0.15, 0.2) is 0 Å². The van der Waals surface area contributed by atoms with Gasteiger partial charge in [-0.2, -0.15) is 13.2 Å². The maximum Gasteiger partial charge on any atom is 0.416 e. The standard InChI is InChI=1S/C16H12ClF3N2O/c17-14-6-3-11(9-21-14)15(23)22-7-1-2-10-8-12(16(18,19)20)4-5-13(10)22/h3-6,8-9H,1-2,7H2. The van der Waals surface area contributed by atoms with Crippen molar-refractivity contribution in [2.45, 2.75) is 19.0 Å². The Kier molecular flexibility index (Phi) is 4.02. The maximum absolute atomic E-state index is 12.8. The molecule has 3 nitrogen and oxygen atoms in total. The van der Waals surface area contributed by atoms with Gasteiger partial charge in [0.2, 0.25) is 0 Å². The molecule has 0 fully saturated rings. The minimum Gasteiger partial charge on any atom is -0.308 e. The summed E-state index contributed by atoms with van der Waals surface area (Å²) < 4.78 is 38.4. The molecule has 0 saturated carbocycles. The number of anilines is 1. The molecule has 0 atom stereocenters. The number of fused-ring (bicyclic) bond motifs is 1. The predicted octanol–water partition coefficient (Wildman–Crippen LogP) is 4.35. The highest BCUT2D eigenvalue weighted by atomic mass is 35.5. The second-order valence-electron chi connectivity index (χ2n) is 5.27. The molecule has 0 bridgehead atoms. The fourth-order valence-corrected chi connectivity index (χ4v) is 2.75. The van der Waals surface area contributed by atoms with Gasteiger partial charge in [0.1, 0.15) is 5.15 Å². The van der Waals surface area contributed by atoms with E-state index in [-0.39, 0.29) is 11.1 Å². The van der Waals surface area contributed by atoms with Crippen molar-refractivity contribution in [2.75, 3.05) is 11.4 Å². The number of rotatable bonds is 1.